The molecule has 0 saturated heterocycles. The van der Waals surface area contributed by atoms with Crippen LogP contribution in [0.15, 0.2) is 35.5 Å². The molecule has 0 radical (unpaired) electrons. The van der Waals surface area contributed by atoms with Crippen LogP contribution in [0.25, 0.3) is 5.78 Å². The molecule has 0 aliphatic carbocycles. The van der Waals surface area contributed by atoms with E-state index in [9.17, 15) is 4.79 Å². The zero-order chi connectivity index (χ0) is 17.6. The summed E-state index contributed by atoms with van der Waals surface area (Å²) in [5, 5.41) is 9.03. The number of carbonyl (C=O) groups is 1. The highest BCUT2D eigenvalue weighted by molar-refractivity contribution is 7.99. The Morgan fingerprint density at radius 2 is 2.08 bits per heavy atom. The predicted molar refractivity (Wildman–Crippen MR) is 98.1 cm³/mol. The van der Waals surface area contributed by atoms with Crippen molar-refractivity contribution in [3.63, 3.8) is 0 Å². The fraction of sp³-hybridized carbons (Fsp3) is 0.333. The van der Waals surface area contributed by atoms with Gasteiger partial charge in [-0.25, -0.2) is 4.98 Å². The van der Waals surface area contributed by atoms with Gasteiger partial charge >= 0.3 is 0 Å². The molecule has 7 heteroatoms. The molecule has 6 nitrogen and oxygen atoms in total. The lowest BCUT2D eigenvalue weighted by Crippen LogP contribution is -2.37. The first-order valence-corrected chi connectivity index (χ1v) is 9.25. The fourth-order valence-corrected chi connectivity index (χ4v) is 4.28. The lowest BCUT2D eigenvalue weighted by atomic mass is 10.1. The van der Waals surface area contributed by atoms with Crippen LogP contribution in [0.2, 0.25) is 0 Å². The van der Waals surface area contributed by atoms with E-state index in [1.165, 1.54) is 17.3 Å². The number of fused-ring (bicyclic) bond motifs is 2. The van der Waals surface area contributed by atoms with Crippen LogP contribution in [-0.4, -0.2) is 37.3 Å². The van der Waals surface area contributed by atoms with Crippen molar-refractivity contribution in [3.05, 3.63) is 47.3 Å². The molecule has 0 bridgehead atoms. The van der Waals surface area contributed by atoms with E-state index in [0.29, 0.717) is 16.7 Å². The van der Waals surface area contributed by atoms with Gasteiger partial charge in [0.15, 0.2) is 5.16 Å². The first-order valence-electron chi connectivity index (χ1n) is 8.26. The summed E-state index contributed by atoms with van der Waals surface area (Å²) in [5.74, 6) is 0.997. The third-order valence-corrected chi connectivity index (χ3v) is 5.38. The molecule has 0 spiro atoms. The number of thioether (sulfide) groups is 1. The summed E-state index contributed by atoms with van der Waals surface area (Å²) in [7, 11) is 0. The molecular weight excluding hydrogens is 334 g/mol. The quantitative estimate of drug-likeness (QED) is 0.678. The Morgan fingerprint density at radius 1 is 1.28 bits per heavy atom. The summed E-state index contributed by atoms with van der Waals surface area (Å²) >= 11 is 1.41. The van der Waals surface area contributed by atoms with Crippen LogP contribution in [-0.2, 0) is 11.2 Å². The van der Waals surface area contributed by atoms with Crippen molar-refractivity contribution in [2.24, 2.45) is 0 Å². The number of para-hydroxylation sites is 1. The van der Waals surface area contributed by atoms with E-state index in [1.54, 1.807) is 0 Å². The highest BCUT2D eigenvalue weighted by atomic mass is 32.2. The van der Waals surface area contributed by atoms with Gasteiger partial charge in [-0.15, -0.1) is 10.2 Å². The zero-order valence-electron chi connectivity index (χ0n) is 14.4. The molecular formula is C18H19N5OS. The first kappa shape index (κ1) is 16.1. The largest absolute Gasteiger partial charge is 0.308 e. The van der Waals surface area contributed by atoms with E-state index in [-0.39, 0.29) is 11.9 Å². The van der Waals surface area contributed by atoms with E-state index >= 15 is 0 Å². The average molecular weight is 353 g/mol. The maximum atomic E-state index is 12.8. The number of carbonyl (C=O) groups excluding carboxylic acids is 1. The highest BCUT2D eigenvalue weighted by Crippen LogP contribution is 2.32. The van der Waals surface area contributed by atoms with Gasteiger partial charge in [-0.1, -0.05) is 30.0 Å². The second-order valence-corrected chi connectivity index (χ2v) is 7.33. The van der Waals surface area contributed by atoms with Gasteiger partial charge in [0.2, 0.25) is 5.91 Å². The third kappa shape index (κ3) is 2.78. The molecule has 25 heavy (non-hydrogen) atoms. The molecule has 128 valence electrons. The Bertz CT molecular complexity index is 967. The minimum atomic E-state index is 0.0944. The Morgan fingerprint density at radius 3 is 2.92 bits per heavy atom. The van der Waals surface area contributed by atoms with Gasteiger partial charge in [0.05, 0.1) is 5.75 Å². The maximum Gasteiger partial charge on any atom is 0.256 e. The molecule has 0 saturated carbocycles. The molecule has 1 aliphatic rings. The average Bonchev–Trinajstić information content (AvgIpc) is 3.12. The van der Waals surface area contributed by atoms with Gasteiger partial charge in [-0.2, -0.15) is 0 Å². The van der Waals surface area contributed by atoms with Crippen LogP contribution in [0.1, 0.15) is 23.9 Å². The molecule has 2 aromatic heterocycles. The lowest BCUT2D eigenvalue weighted by molar-refractivity contribution is -0.116. The van der Waals surface area contributed by atoms with Crippen LogP contribution < -0.4 is 4.90 Å². The number of nitrogens with zero attached hydrogens (tertiary/aromatic N) is 5. The second kappa shape index (κ2) is 6.15. The Kier molecular flexibility index (Phi) is 3.95. The number of hydrogen-bond acceptors (Lipinski definition) is 5. The number of rotatable bonds is 3. The third-order valence-electron chi connectivity index (χ3n) is 4.46. The molecule has 3 aromatic rings. The smallest absolute Gasteiger partial charge is 0.256 e. The summed E-state index contributed by atoms with van der Waals surface area (Å²) in [5.41, 5.74) is 4.19. The van der Waals surface area contributed by atoms with Crippen LogP contribution in [0, 0.1) is 13.8 Å². The summed E-state index contributed by atoms with van der Waals surface area (Å²) < 4.78 is 1.90. The van der Waals surface area contributed by atoms with Gasteiger partial charge in [0.25, 0.3) is 5.78 Å². The van der Waals surface area contributed by atoms with E-state index in [0.717, 1.165) is 23.5 Å². The lowest BCUT2D eigenvalue weighted by Gasteiger charge is -2.22. The summed E-state index contributed by atoms with van der Waals surface area (Å²) in [6.45, 7) is 6.02. The minimum absolute atomic E-state index is 0.0944. The monoisotopic (exact) mass is 353 g/mol. The van der Waals surface area contributed by atoms with Crippen molar-refractivity contribution < 1.29 is 4.79 Å². The SMILES string of the molecule is Cc1cc(C)n2c(SCC(=O)N3c4ccccc4C[C@H]3C)nnc2n1. The summed E-state index contributed by atoms with van der Waals surface area (Å²) in [6.07, 6.45) is 0.906. The predicted octanol–water partition coefficient (Wildman–Crippen LogP) is 2.81. The van der Waals surface area contributed by atoms with E-state index in [2.05, 4.69) is 28.2 Å². The summed E-state index contributed by atoms with van der Waals surface area (Å²) in [4.78, 5) is 19.1. The molecule has 0 fully saturated rings. The van der Waals surface area contributed by atoms with Crippen LogP contribution >= 0.6 is 11.8 Å². The topological polar surface area (TPSA) is 63.4 Å². The molecule has 1 aliphatic heterocycles. The van der Waals surface area contributed by atoms with Crippen molar-refractivity contribution in [1.82, 2.24) is 19.6 Å². The van der Waals surface area contributed by atoms with Crippen molar-refractivity contribution >= 4 is 29.1 Å². The first-order chi connectivity index (χ1) is 12.0. The van der Waals surface area contributed by atoms with E-state index in [4.69, 9.17) is 0 Å². The minimum Gasteiger partial charge on any atom is -0.308 e. The fourth-order valence-electron chi connectivity index (χ4n) is 3.44. The van der Waals surface area contributed by atoms with Crippen molar-refractivity contribution in [1.29, 1.82) is 0 Å². The molecule has 0 N–H and O–H groups in total. The normalized spacial score (nSPS) is 16.4. The molecule has 0 unspecified atom stereocenters. The number of benzene rings is 1. The van der Waals surface area contributed by atoms with E-state index < -0.39 is 0 Å². The molecule has 1 atom stereocenters. The van der Waals surface area contributed by atoms with Gasteiger partial charge in [-0.3, -0.25) is 9.20 Å². The van der Waals surface area contributed by atoms with Gasteiger partial charge in [0, 0.05) is 23.1 Å². The standard InChI is InChI=1S/C18H19N5OS/c1-11-8-12(2)23-17(19-11)20-21-18(23)25-10-16(24)22-13(3)9-14-6-4-5-7-15(14)22/h4-8,13H,9-10H2,1-3H3/t13-/m1/s1. The number of amides is 1. The number of hydrogen-bond donors (Lipinski definition) is 0. The molecule has 1 amide bonds. The Hall–Kier alpha value is -2.41. The zero-order valence-corrected chi connectivity index (χ0v) is 15.2. The highest BCUT2D eigenvalue weighted by Gasteiger charge is 2.30. The van der Waals surface area contributed by atoms with E-state index in [1.807, 2.05) is 47.4 Å². The van der Waals surface area contributed by atoms with Crippen molar-refractivity contribution in [2.75, 3.05) is 10.7 Å². The van der Waals surface area contributed by atoms with Crippen LogP contribution in [0.4, 0.5) is 5.69 Å². The van der Waals surface area contributed by atoms with Gasteiger partial charge in [0.1, 0.15) is 0 Å². The van der Waals surface area contributed by atoms with Gasteiger partial charge in [-0.05, 0) is 44.9 Å². The molecule has 3 heterocycles. The van der Waals surface area contributed by atoms with Gasteiger partial charge < -0.3 is 4.90 Å². The number of aromatic nitrogens is 4. The summed E-state index contributed by atoms with van der Waals surface area (Å²) in [6, 6.07) is 10.3. The van der Waals surface area contributed by atoms with Crippen molar-refractivity contribution in [2.45, 2.75) is 38.4 Å². The number of aryl methyl sites for hydroxylation is 2. The van der Waals surface area contributed by atoms with Crippen LogP contribution in [0.3, 0.4) is 0 Å². The molecule has 1 aromatic carbocycles. The maximum absolute atomic E-state index is 12.8. The molecule has 4 rings (SSSR count). The van der Waals surface area contributed by atoms with Crippen molar-refractivity contribution in [3.8, 4) is 0 Å². The Balaban J connectivity index is 1.55. The second-order valence-electron chi connectivity index (χ2n) is 6.39. The van der Waals surface area contributed by atoms with Crippen LogP contribution in [0.5, 0.6) is 0 Å². The Labute approximate surface area is 150 Å². The number of anilines is 1.